The maximum atomic E-state index is 13.3. The van der Waals surface area contributed by atoms with Crippen LogP contribution in [0, 0.1) is 5.92 Å². The first-order chi connectivity index (χ1) is 11.3. The summed E-state index contributed by atoms with van der Waals surface area (Å²) in [6, 6.07) is 4.75. The van der Waals surface area contributed by atoms with Gasteiger partial charge in [-0.25, -0.2) is 4.79 Å². The van der Waals surface area contributed by atoms with E-state index in [0.29, 0.717) is 0 Å². The number of carbonyl (C=O) groups excluding carboxylic acids is 2. The van der Waals surface area contributed by atoms with Gasteiger partial charge in [-0.05, 0) is 11.6 Å². The van der Waals surface area contributed by atoms with E-state index in [1.54, 1.807) is 0 Å². The highest BCUT2D eigenvalue weighted by Gasteiger charge is 2.42. The maximum absolute atomic E-state index is 13.3. The summed E-state index contributed by atoms with van der Waals surface area (Å²) in [4.78, 5) is 27.7. The number of carbonyl (C=O) groups is 2. The summed E-state index contributed by atoms with van der Waals surface area (Å²) < 4.78 is 49.3. The molecule has 0 fully saturated rings. The van der Waals surface area contributed by atoms with Crippen molar-refractivity contribution in [3.05, 3.63) is 47.2 Å². The molecule has 0 saturated heterocycles. The lowest BCUT2D eigenvalue weighted by Crippen LogP contribution is -2.32. The van der Waals surface area contributed by atoms with Crippen LogP contribution >= 0.6 is 0 Å². The molecule has 0 radical (unpaired) electrons. The lowest BCUT2D eigenvalue weighted by atomic mass is 9.78. The van der Waals surface area contributed by atoms with Crippen LogP contribution in [0.5, 0.6) is 0 Å². The average molecular weight is 341 g/mol. The number of benzene rings is 1. The van der Waals surface area contributed by atoms with E-state index < -0.39 is 35.5 Å². The summed E-state index contributed by atoms with van der Waals surface area (Å²) in [5.74, 6) is -4.03. The van der Waals surface area contributed by atoms with Gasteiger partial charge in [0.25, 0.3) is 0 Å². The van der Waals surface area contributed by atoms with Gasteiger partial charge in [-0.3, -0.25) is 9.79 Å². The Labute approximate surface area is 135 Å². The summed E-state index contributed by atoms with van der Waals surface area (Å²) >= 11 is 0. The number of esters is 2. The molecule has 5 nitrogen and oxygen atoms in total. The molecule has 0 N–H and O–H groups in total. The van der Waals surface area contributed by atoms with Crippen LogP contribution in [0.1, 0.15) is 17.0 Å². The summed E-state index contributed by atoms with van der Waals surface area (Å²) in [6.07, 6.45) is -2.38. The third-order valence-corrected chi connectivity index (χ3v) is 3.65. The molecule has 1 aromatic rings. The van der Waals surface area contributed by atoms with Crippen molar-refractivity contribution >= 4 is 18.2 Å². The second-order valence-electron chi connectivity index (χ2n) is 4.99. The van der Waals surface area contributed by atoms with E-state index in [1.807, 2.05) is 0 Å². The zero-order valence-electron chi connectivity index (χ0n) is 12.8. The molecule has 8 heteroatoms. The molecule has 128 valence electrons. The molecular weight excluding hydrogens is 327 g/mol. The Morgan fingerprint density at radius 3 is 2.38 bits per heavy atom. The monoisotopic (exact) mass is 341 g/mol. The van der Waals surface area contributed by atoms with Gasteiger partial charge in [0.1, 0.15) is 5.92 Å². The number of ether oxygens (including phenoxy) is 2. The number of aliphatic imine (C=N–C) groups is 1. The fraction of sp³-hybridized carbons (Fsp3) is 0.312. The predicted molar refractivity (Wildman–Crippen MR) is 78.3 cm³/mol. The van der Waals surface area contributed by atoms with Crippen LogP contribution in [-0.2, 0) is 25.2 Å². The lowest BCUT2D eigenvalue weighted by Gasteiger charge is -2.28. The van der Waals surface area contributed by atoms with Crippen molar-refractivity contribution in [1.82, 2.24) is 0 Å². The molecule has 1 aromatic carbocycles. The van der Waals surface area contributed by atoms with Gasteiger partial charge in [0.15, 0.2) is 0 Å². The van der Waals surface area contributed by atoms with Gasteiger partial charge >= 0.3 is 18.1 Å². The fourth-order valence-electron chi connectivity index (χ4n) is 2.59. The molecule has 0 aromatic heterocycles. The predicted octanol–water partition coefficient (Wildman–Crippen LogP) is 2.72. The number of rotatable bonds is 3. The SMILES string of the molecule is COC(=O)C1=CN=CC(C(=O)OC)[C@H]1c1ccccc1C(F)(F)F. The second kappa shape index (κ2) is 6.86. The molecule has 0 saturated carbocycles. The van der Waals surface area contributed by atoms with Gasteiger partial charge in [0.2, 0.25) is 0 Å². The average Bonchev–Trinajstić information content (AvgIpc) is 2.58. The Bertz CT molecular complexity index is 710. The number of hydrogen-bond donors (Lipinski definition) is 0. The van der Waals surface area contributed by atoms with E-state index >= 15 is 0 Å². The highest BCUT2D eigenvalue weighted by atomic mass is 19.4. The van der Waals surface area contributed by atoms with E-state index in [4.69, 9.17) is 0 Å². The first kappa shape index (κ1) is 17.7. The topological polar surface area (TPSA) is 65.0 Å². The first-order valence-corrected chi connectivity index (χ1v) is 6.87. The Balaban J connectivity index is 2.65. The van der Waals surface area contributed by atoms with Crippen LogP contribution in [-0.4, -0.2) is 32.4 Å². The van der Waals surface area contributed by atoms with Crippen molar-refractivity contribution in [2.75, 3.05) is 14.2 Å². The van der Waals surface area contributed by atoms with Gasteiger partial charge in [0.05, 0.1) is 25.4 Å². The van der Waals surface area contributed by atoms with Crippen molar-refractivity contribution in [1.29, 1.82) is 0 Å². The highest BCUT2D eigenvalue weighted by molar-refractivity contribution is 5.99. The molecule has 0 bridgehead atoms. The molecule has 1 aliphatic heterocycles. The van der Waals surface area contributed by atoms with Gasteiger partial charge < -0.3 is 9.47 Å². The minimum Gasteiger partial charge on any atom is -0.468 e. The molecule has 0 spiro atoms. The van der Waals surface area contributed by atoms with Crippen LogP contribution in [0.25, 0.3) is 0 Å². The number of halogens is 3. The van der Waals surface area contributed by atoms with Crippen molar-refractivity contribution in [3.8, 4) is 0 Å². The standard InChI is InChI=1S/C16H14F3NO4/c1-23-14(21)10-7-20-8-11(15(22)24-2)13(10)9-5-3-4-6-12(9)16(17,18)19/h3-8,10,13H,1-2H3/t10?,13-/m1/s1. The fourth-order valence-corrected chi connectivity index (χ4v) is 2.59. The van der Waals surface area contributed by atoms with E-state index in [2.05, 4.69) is 14.5 Å². The molecule has 2 atom stereocenters. The molecule has 0 amide bonds. The molecular formula is C16H14F3NO4. The maximum Gasteiger partial charge on any atom is 0.416 e. The normalized spacial score (nSPS) is 20.3. The Morgan fingerprint density at radius 2 is 1.79 bits per heavy atom. The minimum atomic E-state index is -4.65. The third-order valence-electron chi connectivity index (χ3n) is 3.65. The largest absolute Gasteiger partial charge is 0.468 e. The van der Waals surface area contributed by atoms with Crippen LogP contribution < -0.4 is 0 Å². The smallest absolute Gasteiger partial charge is 0.416 e. The minimum absolute atomic E-state index is 0.146. The van der Waals surface area contributed by atoms with Crippen LogP contribution in [0.2, 0.25) is 0 Å². The molecule has 0 aliphatic carbocycles. The van der Waals surface area contributed by atoms with Gasteiger partial charge in [-0.1, -0.05) is 18.2 Å². The zero-order chi connectivity index (χ0) is 17.9. The van der Waals surface area contributed by atoms with Crippen molar-refractivity contribution in [2.24, 2.45) is 10.9 Å². The third kappa shape index (κ3) is 3.32. The number of nitrogens with zero attached hydrogens (tertiary/aromatic N) is 1. The molecule has 1 heterocycles. The number of methoxy groups -OCH3 is 2. The Hall–Kier alpha value is -2.64. The quantitative estimate of drug-likeness (QED) is 0.793. The van der Waals surface area contributed by atoms with Gasteiger partial charge in [-0.2, -0.15) is 13.2 Å². The molecule has 1 unspecified atom stereocenters. The second-order valence-corrected chi connectivity index (χ2v) is 4.99. The molecule has 1 aliphatic rings. The summed E-state index contributed by atoms with van der Waals surface area (Å²) in [5.41, 5.74) is -1.30. The summed E-state index contributed by atoms with van der Waals surface area (Å²) in [5, 5.41) is 0. The van der Waals surface area contributed by atoms with E-state index in [9.17, 15) is 22.8 Å². The van der Waals surface area contributed by atoms with Gasteiger partial charge in [-0.15, -0.1) is 0 Å². The van der Waals surface area contributed by atoms with E-state index in [-0.39, 0.29) is 11.1 Å². The van der Waals surface area contributed by atoms with Crippen LogP contribution in [0.3, 0.4) is 0 Å². The number of hydrogen-bond acceptors (Lipinski definition) is 5. The zero-order valence-corrected chi connectivity index (χ0v) is 12.8. The first-order valence-electron chi connectivity index (χ1n) is 6.87. The van der Waals surface area contributed by atoms with Crippen LogP contribution in [0.4, 0.5) is 13.2 Å². The van der Waals surface area contributed by atoms with Gasteiger partial charge in [0, 0.05) is 18.3 Å². The Morgan fingerprint density at radius 1 is 1.12 bits per heavy atom. The summed E-state index contributed by atoms with van der Waals surface area (Å²) in [7, 11) is 2.21. The van der Waals surface area contributed by atoms with E-state index in [1.165, 1.54) is 18.2 Å². The van der Waals surface area contributed by atoms with Crippen molar-refractivity contribution < 1.29 is 32.2 Å². The van der Waals surface area contributed by atoms with Crippen LogP contribution in [0.15, 0.2) is 41.0 Å². The van der Waals surface area contributed by atoms with Crippen molar-refractivity contribution in [2.45, 2.75) is 12.1 Å². The van der Waals surface area contributed by atoms with E-state index in [0.717, 1.165) is 32.7 Å². The number of alkyl halides is 3. The highest BCUT2D eigenvalue weighted by Crippen LogP contribution is 2.42. The molecule has 24 heavy (non-hydrogen) atoms. The van der Waals surface area contributed by atoms with Crippen molar-refractivity contribution in [3.63, 3.8) is 0 Å². The Kier molecular flexibility index (Phi) is 5.06. The summed E-state index contributed by atoms with van der Waals surface area (Å²) in [6.45, 7) is 0. The molecule has 2 rings (SSSR count). The lowest BCUT2D eigenvalue weighted by molar-refractivity contribution is -0.145.